The normalized spacial score (nSPS) is 13.4. The molecule has 0 bridgehead atoms. The number of amides is 1. The van der Waals surface area contributed by atoms with Crippen LogP contribution in [-0.2, 0) is 4.79 Å². The molecule has 3 N–H and O–H groups in total. The topological polar surface area (TPSA) is 55.1 Å². The summed E-state index contributed by atoms with van der Waals surface area (Å²) in [5.74, 6) is -0.112. The summed E-state index contributed by atoms with van der Waals surface area (Å²) in [6.07, 6.45) is 1.58. The first-order valence-electron chi connectivity index (χ1n) is 7.48. The van der Waals surface area contributed by atoms with Crippen molar-refractivity contribution in [1.82, 2.24) is 5.32 Å². The number of carbonyl (C=O) groups excluding carboxylic acids is 1. The van der Waals surface area contributed by atoms with E-state index < -0.39 is 6.04 Å². The van der Waals surface area contributed by atoms with Crippen molar-refractivity contribution in [2.45, 2.75) is 31.8 Å². The molecule has 0 aromatic heterocycles. The third-order valence-corrected chi connectivity index (χ3v) is 4.09. The van der Waals surface area contributed by atoms with Crippen LogP contribution in [0.2, 0.25) is 0 Å². The molecular formula is C18H21BrN2O. The lowest BCUT2D eigenvalue weighted by Crippen LogP contribution is -2.42. The van der Waals surface area contributed by atoms with Gasteiger partial charge in [0.1, 0.15) is 0 Å². The Balaban J connectivity index is 2.26. The lowest BCUT2D eigenvalue weighted by molar-refractivity contribution is -0.123. The predicted molar refractivity (Wildman–Crippen MR) is 93.5 cm³/mol. The highest BCUT2D eigenvalue weighted by Crippen LogP contribution is 2.23. The van der Waals surface area contributed by atoms with Crippen molar-refractivity contribution >= 4 is 21.8 Å². The van der Waals surface area contributed by atoms with Gasteiger partial charge in [-0.25, -0.2) is 0 Å². The van der Waals surface area contributed by atoms with E-state index in [2.05, 4.69) is 21.2 Å². The smallest absolute Gasteiger partial charge is 0.237 e. The first kappa shape index (κ1) is 16.7. The Morgan fingerprint density at radius 3 is 2.27 bits per heavy atom. The molecule has 0 radical (unpaired) electrons. The van der Waals surface area contributed by atoms with Gasteiger partial charge in [0.25, 0.3) is 0 Å². The highest BCUT2D eigenvalue weighted by Gasteiger charge is 2.20. The van der Waals surface area contributed by atoms with E-state index in [1.54, 1.807) is 0 Å². The van der Waals surface area contributed by atoms with Crippen LogP contribution in [0.25, 0.3) is 0 Å². The Labute approximate surface area is 140 Å². The Morgan fingerprint density at radius 2 is 1.68 bits per heavy atom. The Bertz CT molecular complexity index is 598. The molecule has 22 heavy (non-hydrogen) atoms. The third kappa shape index (κ3) is 4.42. The third-order valence-electron chi connectivity index (χ3n) is 3.56. The predicted octanol–water partition coefficient (Wildman–Crippen LogP) is 3.78. The number of rotatable bonds is 6. The van der Waals surface area contributed by atoms with Crippen LogP contribution in [0.4, 0.5) is 0 Å². The highest BCUT2D eigenvalue weighted by molar-refractivity contribution is 9.10. The number of hydrogen-bond acceptors (Lipinski definition) is 2. The van der Waals surface area contributed by atoms with E-state index in [9.17, 15) is 4.79 Å². The largest absolute Gasteiger partial charge is 0.344 e. The molecule has 4 heteroatoms. The van der Waals surface area contributed by atoms with Gasteiger partial charge in [0, 0.05) is 4.47 Å². The van der Waals surface area contributed by atoms with E-state index in [0.717, 1.165) is 22.0 Å². The number of benzene rings is 2. The van der Waals surface area contributed by atoms with E-state index >= 15 is 0 Å². The molecule has 0 saturated heterocycles. The van der Waals surface area contributed by atoms with Gasteiger partial charge in [-0.3, -0.25) is 4.79 Å². The monoisotopic (exact) mass is 360 g/mol. The fraction of sp³-hybridized carbons (Fsp3) is 0.278. The molecule has 0 heterocycles. The van der Waals surface area contributed by atoms with Gasteiger partial charge in [0.15, 0.2) is 0 Å². The maximum absolute atomic E-state index is 12.3. The van der Waals surface area contributed by atoms with Crippen molar-refractivity contribution < 1.29 is 4.79 Å². The minimum Gasteiger partial charge on any atom is -0.344 e. The van der Waals surface area contributed by atoms with Crippen molar-refractivity contribution in [1.29, 1.82) is 0 Å². The SMILES string of the molecule is CCCC(N)C(=O)NC(c1ccccc1)c1ccc(Br)cc1. The van der Waals surface area contributed by atoms with Gasteiger partial charge in [-0.15, -0.1) is 0 Å². The van der Waals surface area contributed by atoms with Gasteiger partial charge >= 0.3 is 0 Å². The van der Waals surface area contributed by atoms with Crippen molar-refractivity contribution in [3.05, 3.63) is 70.2 Å². The fourth-order valence-electron chi connectivity index (χ4n) is 2.35. The molecule has 2 atom stereocenters. The summed E-state index contributed by atoms with van der Waals surface area (Å²) >= 11 is 3.44. The van der Waals surface area contributed by atoms with Gasteiger partial charge in [-0.1, -0.05) is 71.7 Å². The van der Waals surface area contributed by atoms with E-state index in [1.807, 2.05) is 61.5 Å². The zero-order valence-electron chi connectivity index (χ0n) is 12.6. The number of carbonyl (C=O) groups is 1. The molecule has 0 saturated carbocycles. The summed E-state index contributed by atoms with van der Waals surface area (Å²) in [6.45, 7) is 2.02. The molecule has 0 aliphatic rings. The fourth-order valence-corrected chi connectivity index (χ4v) is 2.62. The number of nitrogens with one attached hydrogen (secondary N) is 1. The standard InChI is InChI=1S/C18H21BrN2O/c1-2-6-16(20)18(22)21-17(13-7-4-3-5-8-13)14-9-11-15(19)12-10-14/h3-5,7-12,16-17H,2,6,20H2,1H3,(H,21,22). The van der Waals surface area contributed by atoms with Gasteiger partial charge in [0.05, 0.1) is 12.1 Å². The second-order valence-electron chi connectivity index (χ2n) is 5.30. The molecule has 1 amide bonds. The van der Waals surface area contributed by atoms with Crippen LogP contribution < -0.4 is 11.1 Å². The quantitative estimate of drug-likeness (QED) is 0.823. The van der Waals surface area contributed by atoms with E-state index in [-0.39, 0.29) is 11.9 Å². The molecule has 0 spiro atoms. The minimum absolute atomic E-state index is 0.112. The second-order valence-corrected chi connectivity index (χ2v) is 6.21. The first-order chi connectivity index (χ1) is 10.6. The second kappa shape index (κ2) is 8.11. The first-order valence-corrected chi connectivity index (χ1v) is 8.27. The van der Waals surface area contributed by atoms with Gasteiger partial charge in [0.2, 0.25) is 5.91 Å². The van der Waals surface area contributed by atoms with Crippen LogP contribution in [0.15, 0.2) is 59.1 Å². The summed E-state index contributed by atoms with van der Waals surface area (Å²) < 4.78 is 1.01. The van der Waals surface area contributed by atoms with E-state index in [1.165, 1.54) is 0 Å². The van der Waals surface area contributed by atoms with Crippen LogP contribution in [0, 0.1) is 0 Å². The molecule has 2 aromatic rings. The van der Waals surface area contributed by atoms with Gasteiger partial charge < -0.3 is 11.1 Å². The Kier molecular flexibility index (Phi) is 6.16. The lowest BCUT2D eigenvalue weighted by Gasteiger charge is -2.22. The van der Waals surface area contributed by atoms with Crippen molar-refractivity contribution in [2.75, 3.05) is 0 Å². The molecule has 0 aliphatic carbocycles. The van der Waals surface area contributed by atoms with Crippen molar-refractivity contribution in [3.8, 4) is 0 Å². The Hall–Kier alpha value is -1.65. The molecular weight excluding hydrogens is 340 g/mol. The molecule has 0 aliphatic heterocycles. The summed E-state index contributed by atoms with van der Waals surface area (Å²) in [6, 6.07) is 17.2. The summed E-state index contributed by atoms with van der Waals surface area (Å²) in [5, 5.41) is 3.07. The average Bonchev–Trinajstić information content (AvgIpc) is 2.54. The Morgan fingerprint density at radius 1 is 1.09 bits per heavy atom. The summed E-state index contributed by atoms with van der Waals surface area (Å²) in [7, 11) is 0. The zero-order chi connectivity index (χ0) is 15.9. The minimum atomic E-state index is -0.466. The maximum Gasteiger partial charge on any atom is 0.237 e. The highest BCUT2D eigenvalue weighted by atomic mass is 79.9. The average molecular weight is 361 g/mol. The lowest BCUT2D eigenvalue weighted by atomic mass is 9.98. The van der Waals surface area contributed by atoms with Crippen LogP contribution in [0.1, 0.15) is 36.9 Å². The molecule has 3 nitrogen and oxygen atoms in total. The molecule has 0 fully saturated rings. The van der Waals surface area contributed by atoms with Crippen molar-refractivity contribution in [3.63, 3.8) is 0 Å². The van der Waals surface area contributed by atoms with Crippen LogP contribution >= 0.6 is 15.9 Å². The summed E-state index contributed by atoms with van der Waals surface area (Å²) in [4.78, 5) is 12.3. The molecule has 2 unspecified atom stereocenters. The van der Waals surface area contributed by atoms with Gasteiger partial charge in [-0.2, -0.15) is 0 Å². The maximum atomic E-state index is 12.3. The summed E-state index contributed by atoms with van der Waals surface area (Å²) in [5.41, 5.74) is 8.01. The van der Waals surface area contributed by atoms with Crippen LogP contribution in [0.5, 0.6) is 0 Å². The van der Waals surface area contributed by atoms with E-state index in [4.69, 9.17) is 5.73 Å². The van der Waals surface area contributed by atoms with Crippen molar-refractivity contribution in [2.24, 2.45) is 5.73 Å². The zero-order valence-corrected chi connectivity index (χ0v) is 14.2. The van der Waals surface area contributed by atoms with E-state index in [0.29, 0.717) is 6.42 Å². The number of nitrogens with two attached hydrogens (primary N) is 1. The van der Waals surface area contributed by atoms with Crippen LogP contribution in [-0.4, -0.2) is 11.9 Å². The molecule has 2 aromatic carbocycles. The molecule has 116 valence electrons. The molecule has 2 rings (SSSR count). The van der Waals surface area contributed by atoms with Crippen LogP contribution in [0.3, 0.4) is 0 Å². The van der Waals surface area contributed by atoms with Gasteiger partial charge in [-0.05, 0) is 29.7 Å². The number of halogens is 1. The number of hydrogen-bond donors (Lipinski definition) is 2.